The zero-order valence-electron chi connectivity index (χ0n) is 11.8. The number of carbonyl (C=O) groups is 2. The third-order valence-electron chi connectivity index (χ3n) is 2.48. The summed E-state index contributed by atoms with van der Waals surface area (Å²) in [4.78, 5) is 30.2. The molecule has 114 valence electrons. The predicted molar refractivity (Wildman–Crippen MR) is 74.6 cm³/mol. The Bertz CT molecular complexity index is 477. The van der Waals surface area contributed by atoms with Crippen molar-refractivity contribution in [1.29, 1.82) is 0 Å². The number of hydrogen-bond acceptors (Lipinski definition) is 6. The van der Waals surface area contributed by atoms with Crippen LogP contribution in [0.5, 0.6) is 5.75 Å². The van der Waals surface area contributed by atoms with Gasteiger partial charge in [0.1, 0.15) is 24.6 Å². The molecular formula is C15H18O6. The largest absolute Gasteiger partial charge is 0.491 e. The SMILES string of the molecule is C=CC(=O)OOCCOc1ccc(CC(C)(O)C=O)cc1. The van der Waals surface area contributed by atoms with Crippen molar-refractivity contribution in [3.05, 3.63) is 42.5 Å². The summed E-state index contributed by atoms with van der Waals surface area (Å²) >= 11 is 0. The van der Waals surface area contributed by atoms with E-state index in [9.17, 15) is 14.7 Å². The van der Waals surface area contributed by atoms with E-state index in [-0.39, 0.29) is 19.6 Å². The van der Waals surface area contributed by atoms with Gasteiger partial charge in [-0.2, -0.15) is 4.89 Å². The molecule has 0 saturated heterocycles. The molecule has 1 rings (SSSR count). The number of benzene rings is 1. The highest BCUT2D eigenvalue weighted by atomic mass is 17.2. The van der Waals surface area contributed by atoms with Gasteiger partial charge in [-0.15, -0.1) is 0 Å². The summed E-state index contributed by atoms with van der Waals surface area (Å²) < 4.78 is 5.36. The van der Waals surface area contributed by atoms with E-state index < -0.39 is 11.6 Å². The Labute approximate surface area is 122 Å². The van der Waals surface area contributed by atoms with E-state index in [4.69, 9.17) is 4.74 Å². The second-order valence-corrected chi connectivity index (χ2v) is 4.57. The summed E-state index contributed by atoms with van der Waals surface area (Å²) in [5, 5.41) is 9.65. The third-order valence-corrected chi connectivity index (χ3v) is 2.48. The highest BCUT2D eigenvalue weighted by molar-refractivity contribution is 5.80. The topological polar surface area (TPSA) is 82.1 Å². The standard InChI is InChI=1S/C15H18O6/c1-3-14(17)21-20-9-8-19-13-6-4-12(5-7-13)10-15(2,18)11-16/h3-7,11,18H,1,8-10H2,2H3. The zero-order valence-corrected chi connectivity index (χ0v) is 11.8. The van der Waals surface area contributed by atoms with Crippen LogP contribution in [0, 0.1) is 0 Å². The van der Waals surface area contributed by atoms with Crippen molar-refractivity contribution < 1.29 is 29.2 Å². The fraction of sp³-hybridized carbons (Fsp3) is 0.333. The lowest BCUT2D eigenvalue weighted by Gasteiger charge is -2.15. The van der Waals surface area contributed by atoms with E-state index in [1.165, 1.54) is 6.92 Å². The molecular weight excluding hydrogens is 276 g/mol. The molecule has 1 aromatic carbocycles. The van der Waals surface area contributed by atoms with Gasteiger partial charge in [0.15, 0.2) is 6.29 Å². The molecule has 0 aliphatic heterocycles. The van der Waals surface area contributed by atoms with Gasteiger partial charge in [0.2, 0.25) is 0 Å². The molecule has 1 unspecified atom stereocenters. The van der Waals surface area contributed by atoms with Crippen LogP contribution in [0.4, 0.5) is 0 Å². The Morgan fingerprint density at radius 3 is 2.57 bits per heavy atom. The van der Waals surface area contributed by atoms with Gasteiger partial charge in [-0.05, 0) is 24.6 Å². The lowest BCUT2D eigenvalue weighted by Crippen LogP contribution is -2.28. The van der Waals surface area contributed by atoms with E-state index >= 15 is 0 Å². The lowest BCUT2D eigenvalue weighted by atomic mass is 9.98. The molecule has 0 aliphatic rings. The Kier molecular flexibility index (Phi) is 6.58. The maximum Gasteiger partial charge on any atom is 0.365 e. The molecule has 0 aromatic heterocycles. The molecule has 21 heavy (non-hydrogen) atoms. The van der Waals surface area contributed by atoms with E-state index in [2.05, 4.69) is 16.4 Å². The number of aldehydes is 1. The van der Waals surface area contributed by atoms with E-state index in [0.29, 0.717) is 12.0 Å². The predicted octanol–water partition coefficient (Wildman–Crippen LogP) is 1.22. The first-order valence-electron chi connectivity index (χ1n) is 6.33. The second kappa shape index (κ2) is 8.18. The molecule has 1 aromatic rings. The molecule has 0 fully saturated rings. The Morgan fingerprint density at radius 1 is 1.33 bits per heavy atom. The number of hydrogen-bond donors (Lipinski definition) is 1. The van der Waals surface area contributed by atoms with Gasteiger partial charge in [0.05, 0.1) is 0 Å². The number of ether oxygens (including phenoxy) is 1. The molecule has 0 aliphatic carbocycles. The van der Waals surface area contributed by atoms with Crippen molar-refractivity contribution in [3.8, 4) is 5.75 Å². The first-order valence-corrected chi connectivity index (χ1v) is 6.33. The highest BCUT2D eigenvalue weighted by Gasteiger charge is 2.19. The van der Waals surface area contributed by atoms with Crippen LogP contribution in [-0.2, 0) is 25.8 Å². The van der Waals surface area contributed by atoms with Gasteiger partial charge < -0.3 is 14.6 Å². The summed E-state index contributed by atoms with van der Waals surface area (Å²) in [7, 11) is 0. The minimum absolute atomic E-state index is 0.0845. The maximum atomic E-state index is 10.7. The summed E-state index contributed by atoms with van der Waals surface area (Å²) in [6.45, 7) is 4.96. The lowest BCUT2D eigenvalue weighted by molar-refractivity contribution is -0.269. The second-order valence-electron chi connectivity index (χ2n) is 4.57. The van der Waals surface area contributed by atoms with Gasteiger partial charge in [-0.3, -0.25) is 4.89 Å². The number of rotatable bonds is 9. The maximum absolute atomic E-state index is 10.7. The molecule has 0 saturated carbocycles. The quantitative estimate of drug-likeness (QED) is 0.242. The average Bonchev–Trinajstić information content (AvgIpc) is 2.48. The van der Waals surface area contributed by atoms with Gasteiger partial charge >= 0.3 is 5.97 Å². The molecule has 0 spiro atoms. The normalized spacial score (nSPS) is 13.0. The van der Waals surface area contributed by atoms with Crippen LogP contribution in [-0.4, -0.2) is 36.2 Å². The van der Waals surface area contributed by atoms with Gasteiger partial charge in [0, 0.05) is 12.5 Å². The Balaban J connectivity index is 2.33. The third kappa shape index (κ3) is 6.69. The number of aliphatic hydroxyl groups is 1. The molecule has 0 heterocycles. The minimum atomic E-state index is -1.37. The first-order chi connectivity index (χ1) is 9.96. The van der Waals surface area contributed by atoms with Crippen LogP contribution in [0.25, 0.3) is 0 Å². The van der Waals surface area contributed by atoms with Gasteiger partial charge in [0.25, 0.3) is 0 Å². The first kappa shape index (κ1) is 16.9. The molecule has 1 atom stereocenters. The molecule has 6 heteroatoms. The molecule has 1 N–H and O–H groups in total. The van der Waals surface area contributed by atoms with Crippen LogP contribution >= 0.6 is 0 Å². The van der Waals surface area contributed by atoms with Crippen molar-refractivity contribution in [2.24, 2.45) is 0 Å². The summed E-state index contributed by atoms with van der Waals surface area (Å²) in [5.74, 6) is -0.0651. The van der Waals surface area contributed by atoms with Gasteiger partial charge in [-0.1, -0.05) is 18.7 Å². The Morgan fingerprint density at radius 2 is 2.00 bits per heavy atom. The van der Waals surface area contributed by atoms with Crippen molar-refractivity contribution >= 4 is 12.3 Å². The van der Waals surface area contributed by atoms with E-state index in [1.54, 1.807) is 24.3 Å². The molecule has 0 radical (unpaired) electrons. The monoisotopic (exact) mass is 294 g/mol. The van der Waals surface area contributed by atoms with Crippen LogP contribution in [0.15, 0.2) is 36.9 Å². The van der Waals surface area contributed by atoms with E-state index in [0.717, 1.165) is 11.6 Å². The zero-order chi connectivity index (χ0) is 15.7. The van der Waals surface area contributed by atoms with Crippen LogP contribution in [0.3, 0.4) is 0 Å². The van der Waals surface area contributed by atoms with Crippen molar-refractivity contribution in [3.63, 3.8) is 0 Å². The molecule has 0 amide bonds. The van der Waals surface area contributed by atoms with Crippen molar-refractivity contribution in [2.75, 3.05) is 13.2 Å². The Hall–Kier alpha value is -2.18. The minimum Gasteiger partial charge on any atom is -0.491 e. The van der Waals surface area contributed by atoms with Crippen LogP contribution < -0.4 is 4.74 Å². The molecule has 6 nitrogen and oxygen atoms in total. The van der Waals surface area contributed by atoms with Gasteiger partial charge in [-0.25, -0.2) is 4.79 Å². The summed E-state index contributed by atoms with van der Waals surface area (Å²) in [5.41, 5.74) is -0.554. The van der Waals surface area contributed by atoms with Crippen molar-refractivity contribution in [2.45, 2.75) is 18.9 Å². The van der Waals surface area contributed by atoms with Crippen molar-refractivity contribution in [1.82, 2.24) is 0 Å². The molecule has 0 bridgehead atoms. The van der Waals surface area contributed by atoms with E-state index in [1.807, 2.05) is 0 Å². The summed E-state index contributed by atoms with van der Waals surface area (Å²) in [6.07, 6.45) is 1.74. The number of carbonyl (C=O) groups excluding carboxylic acids is 2. The van der Waals surface area contributed by atoms with Crippen LogP contribution in [0.2, 0.25) is 0 Å². The summed E-state index contributed by atoms with van der Waals surface area (Å²) in [6, 6.07) is 6.94. The highest BCUT2D eigenvalue weighted by Crippen LogP contribution is 2.16. The fourth-order valence-corrected chi connectivity index (χ4v) is 1.49. The smallest absolute Gasteiger partial charge is 0.365 e. The average molecular weight is 294 g/mol. The van der Waals surface area contributed by atoms with Crippen LogP contribution in [0.1, 0.15) is 12.5 Å². The fourth-order valence-electron chi connectivity index (χ4n) is 1.49.